The van der Waals surface area contributed by atoms with E-state index in [1.54, 1.807) is 6.07 Å². The molecular formula is C11H12BrFN2O. The van der Waals surface area contributed by atoms with E-state index in [9.17, 15) is 9.18 Å². The van der Waals surface area contributed by atoms with Gasteiger partial charge >= 0.3 is 0 Å². The fraction of sp³-hybridized carbons (Fsp3) is 0.364. The van der Waals surface area contributed by atoms with Crippen molar-refractivity contribution in [3.8, 4) is 0 Å². The molecule has 0 bridgehead atoms. The molecule has 1 aliphatic carbocycles. The number of carbonyl (C=O) groups is 1. The lowest BCUT2D eigenvalue weighted by molar-refractivity contribution is -0.115. The largest absolute Gasteiger partial charge is 0.322 e. The average molecular weight is 287 g/mol. The number of halogens is 2. The molecule has 0 unspecified atom stereocenters. The first kappa shape index (κ1) is 11.5. The summed E-state index contributed by atoms with van der Waals surface area (Å²) < 4.78 is 14.0. The molecule has 1 aromatic rings. The highest BCUT2D eigenvalue weighted by Crippen LogP contribution is 2.20. The smallest absolute Gasteiger partial charge is 0.238 e. The predicted octanol–water partition coefficient (Wildman–Crippen LogP) is 2.28. The molecule has 0 aliphatic heterocycles. The zero-order chi connectivity index (χ0) is 11.5. The maximum Gasteiger partial charge on any atom is 0.238 e. The zero-order valence-corrected chi connectivity index (χ0v) is 10.2. The second-order valence-electron chi connectivity index (χ2n) is 3.83. The highest BCUT2D eigenvalue weighted by atomic mass is 79.9. The van der Waals surface area contributed by atoms with Crippen LogP contribution in [-0.2, 0) is 4.79 Å². The van der Waals surface area contributed by atoms with E-state index in [1.165, 1.54) is 12.1 Å². The summed E-state index contributed by atoms with van der Waals surface area (Å²) in [6, 6.07) is 5.02. The fourth-order valence-corrected chi connectivity index (χ4v) is 1.64. The summed E-state index contributed by atoms with van der Waals surface area (Å²) >= 11 is 3.16. The molecule has 1 amide bonds. The molecule has 2 rings (SSSR count). The number of carbonyl (C=O) groups excluding carboxylic acids is 1. The summed E-state index contributed by atoms with van der Waals surface area (Å²) in [6.45, 7) is 0.236. The minimum Gasteiger partial charge on any atom is -0.322 e. The van der Waals surface area contributed by atoms with E-state index in [0.717, 1.165) is 12.8 Å². The molecule has 5 heteroatoms. The van der Waals surface area contributed by atoms with Gasteiger partial charge in [0.2, 0.25) is 5.91 Å². The number of nitrogens with one attached hydrogen (secondary N) is 2. The van der Waals surface area contributed by atoms with Crippen molar-refractivity contribution in [2.24, 2.45) is 0 Å². The molecule has 0 heterocycles. The van der Waals surface area contributed by atoms with Crippen LogP contribution in [0.2, 0.25) is 0 Å². The van der Waals surface area contributed by atoms with E-state index >= 15 is 0 Å². The topological polar surface area (TPSA) is 41.1 Å². The fourth-order valence-electron chi connectivity index (χ4n) is 1.31. The summed E-state index contributed by atoms with van der Waals surface area (Å²) in [5, 5.41) is 5.59. The number of anilines is 1. The molecule has 3 nitrogen and oxygen atoms in total. The van der Waals surface area contributed by atoms with Gasteiger partial charge in [-0.15, -0.1) is 0 Å². The van der Waals surface area contributed by atoms with Crippen molar-refractivity contribution in [2.75, 3.05) is 11.9 Å². The van der Waals surface area contributed by atoms with Gasteiger partial charge in [-0.3, -0.25) is 4.79 Å². The molecule has 0 aromatic heterocycles. The van der Waals surface area contributed by atoms with Crippen LogP contribution in [-0.4, -0.2) is 18.5 Å². The summed E-state index contributed by atoms with van der Waals surface area (Å²) in [6.07, 6.45) is 2.25. The summed E-state index contributed by atoms with van der Waals surface area (Å²) in [4.78, 5) is 11.4. The molecule has 0 atom stereocenters. The van der Waals surface area contributed by atoms with Crippen molar-refractivity contribution < 1.29 is 9.18 Å². The third-order valence-electron chi connectivity index (χ3n) is 2.33. The zero-order valence-electron chi connectivity index (χ0n) is 8.59. The molecule has 1 aromatic carbocycles. The molecule has 0 spiro atoms. The Morgan fingerprint density at radius 3 is 2.88 bits per heavy atom. The molecular weight excluding hydrogens is 275 g/mol. The monoisotopic (exact) mass is 286 g/mol. The number of hydrogen-bond donors (Lipinski definition) is 2. The average Bonchev–Trinajstić information content (AvgIpc) is 3.03. The van der Waals surface area contributed by atoms with E-state index in [-0.39, 0.29) is 18.1 Å². The van der Waals surface area contributed by atoms with Gasteiger partial charge in [0, 0.05) is 10.5 Å². The van der Waals surface area contributed by atoms with Gasteiger partial charge in [0.1, 0.15) is 5.82 Å². The van der Waals surface area contributed by atoms with Crippen LogP contribution in [0.4, 0.5) is 10.1 Å². The van der Waals surface area contributed by atoms with Crippen LogP contribution < -0.4 is 10.6 Å². The third-order valence-corrected chi connectivity index (χ3v) is 2.83. The number of rotatable bonds is 4. The first-order valence-electron chi connectivity index (χ1n) is 5.13. The van der Waals surface area contributed by atoms with Crippen LogP contribution in [0.1, 0.15) is 12.8 Å². The van der Waals surface area contributed by atoms with Gasteiger partial charge in [0.25, 0.3) is 0 Å². The molecule has 86 valence electrons. The molecule has 0 radical (unpaired) electrons. The SMILES string of the molecule is O=C(CNC1CC1)Nc1ccc(Br)cc1F. The second kappa shape index (κ2) is 4.93. The Balaban J connectivity index is 1.89. The normalized spacial score (nSPS) is 14.9. The van der Waals surface area contributed by atoms with Gasteiger partial charge < -0.3 is 10.6 Å². The molecule has 1 aliphatic rings. The summed E-state index contributed by atoms with van der Waals surface area (Å²) in [7, 11) is 0. The van der Waals surface area contributed by atoms with E-state index in [2.05, 4.69) is 26.6 Å². The quantitative estimate of drug-likeness (QED) is 0.892. The van der Waals surface area contributed by atoms with E-state index in [4.69, 9.17) is 0 Å². The highest BCUT2D eigenvalue weighted by molar-refractivity contribution is 9.10. The van der Waals surface area contributed by atoms with E-state index in [1.807, 2.05) is 0 Å². The summed E-state index contributed by atoms with van der Waals surface area (Å²) in [5.74, 6) is -0.651. The molecule has 1 saturated carbocycles. The highest BCUT2D eigenvalue weighted by Gasteiger charge is 2.21. The van der Waals surface area contributed by atoms with E-state index in [0.29, 0.717) is 10.5 Å². The summed E-state index contributed by atoms with van der Waals surface area (Å²) in [5.41, 5.74) is 0.214. The molecule has 0 saturated heterocycles. The van der Waals surface area contributed by atoms with Crippen LogP contribution in [0.5, 0.6) is 0 Å². The van der Waals surface area contributed by atoms with Crippen LogP contribution in [0.3, 0.4) is 0 Å². The van der Waals surface area contributed by atoms with Gasteiger partial charge in [0.15, 0.2) is 0 Å². The third kappa shape index (κ3) is 3.28. The molecule has 1 fully saturated rings. The molecule has 16 heavy (non-hydrogen) atoms. The maximum atomic E-state index is 13.4. The van der Waals surface area contributed by atoms with Crippen molar-refractivity contribution in [3.05, 3.63) is 28.5 Å². The van der Waals surface area contributed by atoms with Crippen LogP contribution in [0, 0.1) is 5.82 Å². The van der Waals surface area contributed by atoms with Crippen LogP contribution in [0.25, 0.3) is 0 Å². The first-order chi connectivity index (χ1) is 7.65. The van der Waals surface area contributed by atoms with Gasteiger partial charge in [-0.2, -0.15) is 0 Å². The minimum atomic E-state index is -0.436. The molecule has 2 N–H and O–H groups in total. The van der Waals surface area contributed by atoms with Crippen LogP contribution in [0.15, 0.2) is 22.7 Å². The Bertz CT molecular complexity index is 407. The van der Waals surface area contributed by atoms with Crippen molar-refractivity contribution in [2.45, 2.75) is 18.9 Å². The number of hydrogen-bond acceptors (Lipinski definition) is 2. The number of benzene rings is 1. The van der Waals surface area contributed by atoms with Crippen molar-refractivity contribution in [1.29, 1.82) is 0 Å². The second-order valence-corrected chi connectivity index (χ2v) is 4.74. The van der Waals surface area contributed by atoms with Crippen molar-refractivity contribution in [3.63, 3.8) is 0 Å². The Kier molecular flexibility index (Phi) is 3.56. The Hall–Kier alpha value is -0.940. The van der Waals surface area contributed by atoms with Crippen LogP contribution >= 0.6 is 15.9 Å². The van der Waals surface area contributed by atoms with Gasteiger partial charge in [-0.05, 0) is 31.0 Å². The predicted molar refractivity (Wildman–Crippen MR) is 63.8 cm³/mol. The van der Waals surface area contributed by atoms with Gasteiger partial charge in [-0.25, -0.2) is 4.39 Å². The number of amides is 1. The lowest BCUT2D eigenvalue weighted by atomic mass is 10.3. The van der Waals surface area contributed by atoms with Crippen molar-refractivity contribution in [1.82, 2.24) is 5.32 Å². The Morgan fingerprint density at radius 2 is 2.25 bits per heavy atom. The maximum absolute atomic E-state index is 13.4. The van der Waals surface area contributed by atoms with Crippen molar-refractivity contribution >= 4 is 27.5 Å². The first-order valence-corrected chi connectivity index (χ1v) is 5.93. The minimum absolute atomic E-state index is 0.214. The van der Waals surface area contributed by atoms with Gasteiger partial charge in [-0.1, -0.05) is 15.9 Å². The van der Waals surface area contributed by atoms with Gasteiger partial charge in [0.05, 0.1) is 12.2 Å². The standard InChI is InChI=1S/C11H12BrFN2O/c12-7-1-4-10(9(13)5-7)15-11(16)6-14-8-2-3-8/h1,4-5,8,14H,2-3,6H2,(H,15,16). The lowest BCUT2D eigenvalue weighted by Crippen LogP contribution is -2.29. The Labute approximate surface area is 102 Å². The lowest BCUT2D eigenvalue weighted by Gasteiger charge is -2.07. The Morgan fingerprint density at radius 1 is 1.50 bits per heavy atom. The van der Waals surface area contributed by atoms with E-state index < -0.39 is 5.82 Å².